The summed E-state index contributed by atoms with van der Waals surface area (Å²) in [4.78, 5) is 0.168. The third-order valence-electron chi connectivity index (χ3n) is 5.69. The van der Waals surface area contributed by atoms with Crippen LogP contribution in [0.3, 0.4) is 0 Å². The molecule has 174 valence electrons. The summed E-state index contributed by atoms with van der Waals surface area (Å²) in [7, 11) is -3.82. The van der Waals surface area contributed by atoms with E-state index in [0.717, 1.165) is 28.0 Å². The van der Waals surface area contributed by atoms with Crippen LogP contribution in [0, 0.1) is 6.92 Å². The molecule has 0 amide bonds. The van der Waals surface area contributed by atoms with Crippen molar-refractivity contribution in [1.29, 1.82) is 0 Å². The van der Waals surface area contributed by atoms with Gasteiger partial charge in [-0.15, -0.1) is 0 Å². The molecule has 4 aromatic carbocycles. The van der Waals surface area contributed by atoms with Gasteiger partial charge in [-0.1, -0.05) is 96.6 Å². The van der Waals surface area contributed by atoms with E-state index in [1.54, 1.807) is 24.3 Å². The zero-order valence-corrected chi connectivity index (χ0v) is 19.9. The molecule has 0 aliphatic rings. The van der Waals surface area contributed by atoms with Crippen molar-refractivity contribution < 1.29 is 17.3 Å². The Balaban J connectivity index is 1.54. The highest BCUT2D eigenvalue weighted by atomic mass is 32.2. The summed E-state index contributed by atoms with van der Waals surface area (Å²) < 4.78 is 37.0. The first-order valence-corrected chi connectivity index (χ1v) is 12.7. The molecule has 0 fully saturated rings. The summed E-state index contributed by atoms with van der Waals surface area (Å²) >= 11 is 0. The summed E-state index contributed by atoms with van der Waals surface area (Å²) in [5, 5.41) is 0. The smallest absolute Gasteiger partial charge is 0.296 e. The third kappa shape index (κ3) is 6.13. The number of para-hydroxylation sites is 1. The molecule has 5 heteroatoms. The van der Waals surface area contributed by atoms with Crippen molar-refractivity contribution in [2.24, 2.45) is 0 Å². The van der Waals surface area contributed by atoms with Crippen molar-refractivity contribution in [3.05, 3.63) is 131 Å². The number of hydrogen-bond acceptors (Lipinski definition) is 4. The van der Waals surface area contributed by atoms with Gasteiger partial charge in [0.2, 0.25) is 0 Å². The van der Waals surface area contributed by atoms with Crippen molar-refractivity contribution in [2.45, 2.75) is 30.8 Å². The lowest BCUT2D eigenvalue weighted by Crippen LogP contribution is -2.12. The molecule has 4 nitrogen and oxygen atoms in total. The standard InChI is InChI=1S/C29H28O4S/c1-23-16-18-26(19-17-23)34(30,31)33-21-20-27(25-12-6-3-7-13-25)28-14-8-9-15-29(28)32-22-24-10-4-2-5-11-24/h2-19,27H,20-22H2,1H3. The number of ether oxygens (including phenoxy) is 1. The van der Waals surface area contributed by atoms with Gasteiger partial charge in [0.05, 0.1) is 11.5 Å². The van der Waals surface area contributed by atoms with Crippen molar-refractivity contribution in [3.8, 4) is 5.75 Å². The van der Waals surface area contributed by atoms with Gasteiger partial charge in [0, 0.05) is 11.5 Å². The van der Waals surface area contributed by atoms with E-state index >= 15 is 0 Å². The fourth-order valence-electron chi connectivity index (χ4n) is 3.87. The molecule has 0 bridgehead atoms. The molecule has 0 N–H and O–H groups in total. The molecule has 0 radical (unpaired) electrons. The predicted molar refractivity (Wildman–Crippen MR) is 134 cm³/mol. The van der Waals surface area contributed by atoms with Crippen molar-refractivity contribution in [2.75, 3.05) is 6.61 Å². The molecule has 1 unspecified atom stereocenters. The predicted octanol–water partition coefficient (Wildman–Crippen LogP) is 6.50. The number of hydrogen-bond donors (Lipinski definition) is 0. The molecule has 0 aliphatic carbocycles. The van der Waals surface area contributed by atoms with Crippen LogP contribution in [0.4, 0.5) is 0 Å². The first kappa shape index (κ1) is 23.7. The minimum Gasteiger partial charge on any atom is -0.489 e. The average Bonchev–Trinajstić information content (AvgIpc) is 2.87. The zero-order valence-electron chi connectivity index (χ0n) is 19.1. The number of aryl methyl sites for hydroxylation is 1. The minimum absolute atomic E-state index is 0.0583. The van der Waals surface area contributed by atoms with Gasteiger partial charge in [-0.05, 0) is 42.7 Å². The van der Waals surface area contributed by atoms with Crippen LogP contribution in [-0.4, -0.2) is 15.0 Å². The summed E-state index contributed by atoms with van der Waals surface area (Å²) in [5.74, 6) is 0.697. The van der Waals surface area contributed by atoms with Crippen molar-refractivity contribution >= 4 is 10.1 Å². The minimum atomic E-state index is -3.82. The quantitative estimate of drug-likeness (QED) is 0.247. The second kappa shape index (κ2) is 11.1. The Bertz CT molecular complexity index is 1290. The number of benzene rings is 4. The fourth-order valence-corrected chi connectivity index (χ4v) is 4.79. The van der Waals surface area contributed by atoms with Crippen LogP contribution in [0.15, 0.2) is 114 Å². The van der Waals surface area contributed by atoms with Crippen LogP contribution in [0.5, 0.6) is 5.75 Å². The molecule has 0 saturated heterocycles. The molecule has 34 heavy (non-hydrogen) atoms. The van der Waals surface area contributed by atoms with E-state index in [2.05, 4.69) is 0 Å². The zero-order chi connectivity index (χ0) is 23.8. The monoisotopic (exact) mass is 472 g/mol. The largest absolute Gasteiger partial charge is 0.489 e. The van der Waals surface area contributed by atoms with E-state index in [-0.39, 0.29) is 17.4 Å². The summed E-state index contributed by atoms with van der Waals surface area (Å²) in [6.07, 6.45) is 0.487. The molecule has 1 atom stereocenters. The molecule has 0 aliphatic heterocycles. The molecule has 4 aromatic rings. The van der Waals surface area contributed by atoms with Crippen LogP contribution < -0.4 is 4.74 Å². The molecule has 0 heterocycles. The van der Waals surface area contributed by atoms with Crippen LogP contribution >= 0.6 is 0 Å². The first-order chi connectivity index (χ1) is 16.5. The van der Waals surface area contributed by atoms with Gasteiger partial charge in [-0.25, -0.2) is 0 Å². The Hall–Kier alpha value is -3.41. The van der Waals surface area contributed by atoms with Crippen LogP contribution in [0.25, 0.3) is 0 Å². The van der Waals surface area contributed by atoms with Gasteiger partial charge in [0.25, 0.3) is 10.1 Å². The lowest BCUT2D eigenvalue weighted by Gasteiger charge is -2.21. The average molecular weight is 473 g/mol. The van der Waals surface area contributed by atoms with Gasteiger partial charge >= 0.3 is 0 Å². The Kier molecular flexibility index (Phi) is 7.78. The van der Waals surface area contributed by atoms with Gasteiger partial charge in [-0.3, -0.25) is 4.18 Å². The fraction of sp³-hybridized carbons (Fsp3) is 0.172. The molecule has 0 spiro atoms. The third-order valence-corrected chi connectivity index (χ3v) is 7.01. The highest BCUT2D eigenvalue weighted by molar-refractivity contribution is 7.86. The lowest BCUT2D eigenvalue weighted by molar-refractivity contribution is 0.292. The van der Waals surface area contributed by atoms with E-state index in [0.29, 0.717) is 13.0 Å². The highest BCUT2D eigenvalue weighted by Gasteiger charge is 2.21. The maximum atomic E-state index is 12.7. The van der Waals surface area contributed by atoms with Crippen molar-refractivity contribution in [1.82, 2.24) is 0 Å². The second-order valence-electron chi connectivity index (χ2n) is 8.15. The topological polar surface area (TPSA) is 52.6 Å². The van der Waals surface area contributed by atoms with E-state index in [1.807, 2.05) is 91.9 Å². The van der Waals surface area contributed by atoms with Crippen LogP contribution in [0.1, 0.15) is 34.6 Å². The van der Waals surface area contributed by atoms with Gasteiger partial charge in [0.15, 0.2) is 0 Å². The van der Waals surface area contributed by atoms with Crippen LogP contribution in [-0.2, 0) is 20.9 Å². The summed E-state index contributed by atoms with van der Waals surface area (Å²) in [5.41, 5.74) is 4.16. The van der Waals surface area contributed by atoms with Crippen LogP contribution in [0.2, 0.25) is 0 Å². The Labute approximate surface area is 201 Å². The second-order valence-corrected chi connectivity index (χ2v) is 9.77. The number of rotatable bonds is 10. The van der Waals surface area contributed by atoms with Gasteiger partial charge in [0.1, 0.15) is 12.4 Å². The first-order valence-electron chi connectivity index (χ1n) is 11.3. The molecule has 0 saturated carbocycles. The maximum Gasteiger partial charge on any atom is 0.296 e. The molecule has 4 rings (SSSR count). The summed E-state index contributed by atoms with van der Waals surface area (Å²) in [6, 6.07) is 34.7. The Morgan fingerprint density at radius 2 is 1.35 bits per heavy atom. The molecular weight excluding hydrogens is 444 g/mol. The van der Waals surface area contributed by atoms with E-state index in [9.17, 15) is 8.42 Å². The van der Waals surface area contributed by atoms with Crippen molar-refractivity contribution in [3.63, 3.8) is 0 Å². The van der Waals surface area contributed by atoms with E-state index in [4.69, 9.17) is 8.92 Å². The van der Waals surface area contributed by atoms with Gasteiger partial charge in [-0.2, -0.15) is 8.42 Å². The lowest BCUT2D eigenvalue weighted by atomic mass is 9.88. The van der Waals surface area contributed by atoms with E-state index < -0.39 is 10.1 Å². The normalized spacial score (nSPS) is 12.3. The van der Waals surface area contributed by atoms with E-state index in [1.165, 1.54) is 0 Å². The van der Waals surface area contributed by atoms with Gasteiger partial charge < -0.3 is 4.74 Å². The highest BCUT2D eigenvalue weighted by Crippen LogP contribution is 2.35. The molecular formula is C29H28O4S. The summed E-state index contributed by atoms with van der Waals surface area (Å²) in [6.45, 7) is 2.43. The Morgan fingerprint density at radius 3 is 2.06 bits per heavy atom. The molecule has 0 aromatic heterocycles. The Morgan fingerprint density at radius 1 is 0.735 bits per heavy atom. The maximum absolute atomic E-state index is 12.7. The SMILES string of the molecule is Cc1ccc(S(=O)(=O)OCCC(c2ccccc2)c2ccccc2OCc2ccccc2)cc1.